The second-order valence-corrected chi connectivity index (χ2v) is 8.87. The lowest BCUT2D eigenvalue weighted by Crippen LogP contribution is -2.34. The number of para-hydroxylation sites is 1. The molecule has 0 saturated heterocycles. The summed E-state index contributed by atoms with van der Waals surface area (Å²) in [5.74, 6) is -1.87. The first kappa shape index (κ1) is 23.6. The van der Waals surface area contributed by atoms with Crippen molar-refractivity contribution in [2.45, 2.75) is 31.0 Å². The van der Waals surface area contributed by atoms with Crippen LogP contribution in [0, 0.1) is 11.6 Å². The van der Waals surface area contributed by atoms with Crippen molar-refractivity contribution in [3.8, 4) is 5.69 Å². The van der Waals surface area contributed by atoms with Gasteiger partial charge < -0.3 is 5.32 Å². The van der Waals surface area contributed by atoms with Crippen LogP contribution in [0.3, 0.4) is 0 Å². The number of nitrogens with one attached hydrogen (secondary N) is 1. The molecule has 1 aromatic heterocycles. The summed E-state index contributed by atoms with van der Waals surface area (Å²) in [6, 6.07) is 19.7. The molecule has 1 amide bonds. The number of nitrogens with zero attached hydrogens (tertiary/aromatic N) is 2. The van der Waals surface area contributed by atoms with E-state index < -0.39 is 17.2 Å². The summed E-state index contributed by atoms with van der Waals surface area (Å²) in [6.07, 6.45) is 1.62. The minimum absolute atomic E-state index is 0.0106. The van der Waals surface area contributed by atoms with Gasteiger partial charge >= 0.3 is 0 Å². The molecule has 0 fully saturated rings. The molecule has 4 aromatic rings. The molecule has 0 saturated carbocycles. The van der Waals surface area contributed by atoms with E-state index in [9.17, 15) is 18.4 Å². The molecule has 1 N–H and O–H groups in total. The Morgan fingerprint density at radius 3 is 2.56 bits per heavy atom. The zero-order valence-electron chi connectivity index (χ0n) is 18.5. The highest BCUT2D eigenvalue weighted by Crippen LogP contribution is 2.23. The molecule has 0 spiro atoms. The Morgan fingerprint density at radius 1 is 1.06 bits per heavy atom. The predicted molar refractivity (Wildman–Crippen MR) is 130 cm³/mol. The van der Waals surface area contributed by atoms with Gasteiger partial charge in [-0.2, -0.15) is 0 Å². The maximum Gasteiger partial charge on any atom is 0.266 e. The first-order valence-corrected chi connectivity index (χ1v) is 11.8. The van der Waals surface area contributed by atoms with Crippen LogP contribution in [0.25, 0.3) is 16.6 Å². The van der Waals surface area contributed by atoms with Crippen molar-refractivity contribution < 1.29 is 13.6 Å². The fourth-order valence-electron chi connectivity index (χ4n) is 3.63. The lowest BCUT2D eigenvalue weighted by molar-refractivity contribution is -0.119. The van der Waals surface area contributed by atoms with Gasteiger partial charge in [0.25, 0.3) is 5.56 Å². The maximum atomic E-state index is 14.6. The minimum Gasteiger partial charge on any atom is -0.353 e. The van der Waals surface area contributed by atoms with Gasteiger partial charge in [0.05, 0.1) is 22.3 Å². The molecular weight excluding hydrogens is 456 g/mol. The average molecular weight is 480 g/mol. The molecule has 0 radical (unpaired) electrons. The van der Waals surface area contributed by atoms with E-state index in [4.69, 9.17) is 0 Å². The average Bonchev–Trinajstić information content (AvgIpc) is 2.83. The highest BCUT2D eigenvalue weighted by molar-refractivity contribution is 7.99. The Hall–Kier alpha value is -3.52. The minimum atomic E-state index is -0.889. The molecule has 5 nitrogen and oxygen atoms in total. The third-order valence-corrected chi connectivity index (χ3v) is 6.28. The summed E-state index contributed by atoms with van der Waals surface area (Å²) < 4.78 is 29.1. The van der Waals surface area contributed by atoms with Crippen molar-refractivity contribution in [1.29, 1.82) is 0 Å². The summed E-state index contributed by atoms with van der Waals surface area (Å²) in [5.41, 5.74) is 1.02. The Balaban J connectivity index is 1.53. The predicted octanol–water partition coefficient (Wildman–Crippen LogP) is 4.89. The van der Waals surface area contributed by atoms with E-state index in [1.54, 1.807) is 24.3 Å². The molecule has 0 unspecified atom stereocenters. The van der Waals surface area contributed by atoms with Crippen LogP contribution < -0.4 is 10.9 Å². The quantitative estimate of drug-likeness (QED) is 0.289. The molecule has 0 bridgehead atoms. The van der Waals surface area contributed by atoms with Gasteiger partial charge in [-0.25, -0.2) is 13.8 Å². The van der Waals surface area contributed by atoms with Crippen LogP contribution in [-0.4, -0.2) is 27.3 Å². The van der Waals surface area contributed by atoms with Gasteiger partial charge in [-0.05, 0) is 49.6 Å². The first-order valence-electron chi connectivity index (χ1n) is 10.9. The molecule has 34 heavy (non-hydrogen) atoms. The van der Waals surface area contributed by atoms with Crippen molar-refractivity contribution in [2.24, 2.45) is 0 Å². The standard InChI is InChI=1S/C26H23F2N3O2S/c1-17(11-12-18-7-3-2-4-8-18)29-24(32)16-34-26-30-22-10-6-5-9-20(22)25(33)31(26)23-14-13-19(27)15-21(23)28/h2-10,13-15,17H,11-12,16H2,1H3,(H,29,32)/t17-/m0/s1. The number of aryl methyl sites for hydroxylation is 1. The van der Waals surface area contributed by atoms with E-state index in [-0.39, 0.29) is 28.5 Å². The zero-order valence-corrected chi connectivity index (χ0v) is 19.3. The molecule has 0 aliphatic rings. The van der Waals surface area contributed by atoms with Crippen molar-refractivity contribution >= 4 is 28.6 Å². The van der Waals surface area contributed by atoms with E-state index >= 15 is 0 Å². The van der Waals surface area contributed by atoms with Crippen LogP contribution in [0.15, 0.2) is 82.7 Å². The lowest BCUT2D eigenvalue weighted by atomic mass is 10.1. The first-order chi connectivity index (χ1) is 16.4. The monoisotopic (exact) mass is 479 g/mol. The maximum absolute atomic E-state index is 14.6. The zero-order chi connectivity index (χ0) is 24.1. The molecular formula is C26H23F2N3O2S. The number of amides is 1. The van der Waals surface area contributed by atoms with E-state index in [1.807, 2.05) is 37.3 Å². The van der Waals surface area contributed by atoms with Gasteiger partial charge in [0.2, 0.25) is 5.91 Å². The topological polar surface area (TPSA) is 64.0 Å². The van der Waals surface area contributed by atoms with Gasteiger partial charge in [0, 0.05) is 12.1 Å². The fraction of sp³-hybridized carbons (Fsp3) is 0.192. The van der Waals surface area contributed by atoms with Gasteiger partial charge in [0.15, 0.2) is 5.16 Å². The molecule has 1 heterocycles. The Morgan fingerprint density at radius 2 is 1.79 bits per heavy atom. The summed E-state index contributed by atoms with van der Waals surface area (Å²) in [4.78, 5) is 30.2. The second-order valence-electron chi connectivity index (χ2n) is 7.93. The van der Waals surface area contributed by atoms with Crippen LogP contribution >= 0.6 is 11.8 Å². The third kappa shape index (κ3) is 5.51. The molecule has 174 valence electrons. The largest absolute Gasteiger partial charge is 0.353 e. The molecule has 0 aliphatic heterocycles. The summed E-state index contributed by atoms with van der Waals surface area (Å²) in [5, 5.41) is 3.41. The van der Waals surface area contributed by atoms with E-state index in [1.165, 1.54) is 11.6 Å². The molecule has 1 atom stereocenters. The van der Waals surface area contributed by atoms with Crippen LogP contribution in [-0.2, 0) is 11.2 Å². The van der Waals surface area contributed by atoms with Gasteiger partial charge in [-0.3, -0.25) is 14.2 Å². The molecule has 4 rings (SSSR count). The van der Waals surface area contributed by atoms with Crippen molar-refractivity contribution in [3.05, 3.63) is 100 Å². The summed E-state index contributed by atoms with van der Waals surface area (Å²) >= 11 is 1.03. The van der Waals surface area contributed by atoms with E-state index in [0.29, 0.717) is 17.0 Å². The van der Waals surface area contributed by atoms with E-state index in [0.717, 1.165) is 35.2 Å². The normalized spacial score (nSPS) is 12.0. The highest BCUT2D eigenvalue weighted by atomic mass is 32.2. The Bertz CT molecular complexity index is 1380. The van der Waals surface area contributed by atoms with Gasteiger partial charge in [-0.15, -0.1) is 0 Å². The molecule has 0 aliphatic carbocycles. The number of fused-ring (bicyclic) bond motifs is 1. The Kier molecular flexibility index (Phi) is 7.37. The SMILES string of the molecule is C[C@@H](CCc1ccccc1)NC(=O)CSc1nc2ccccc2c(=O)n1-c1ccc(F)cc1F. The number of rotatable bonds is 8. The number of carbonyl (C=O) groups is 1. The van der Waals surface area contributed by atoms with Crippen molar-refractivity contribution in [2.75, 3.05) is 5.75 Å². The molecule has 3 aromatic carbocycles. The van der Waals surface area contributed by atoms with Crippen molar-refractivity contribution in [1.82, 2.24) is 14.9 Å². The van der Waals surface area contributed by atoms with Crippen LogP contribution in [0.2, 0.25) is 0 Å². The number of aromatic nitrogens is 2. The number of hydrogen-bond donors (Lipinski definition) is 1. The summed E-state index contributed by atoms with van der Waals surface area (Å²) in [7, 11) is 0. The van der Waals surface area contributed by atoms with Crippen LogP contribution in [0.4, 0.5) is 8.78 Å². The smallest absolute Gasteiger partial charge is 0.266 e. The van der Waals surface area contributed by atoms with Gasteiger partial charge in [-0.1, -0.05) is 54.2 Å². The highest BCUT2D eigenvalue weighted by Gasteiger charge is 2.18. The van der Waals surface area contributed by atoms with E-state index in [2.05, 4.69) is 10.3 Å². The molecule has 8 heteroatoms. The van der Waals surface area contributed by atoms with Crippen molar-refractivity contribution in [3.63, 3.8) is 0 Å². The number of thioether (sulfide) groups is 1. The fourth-order valence-corrected chi connectivity index (χ4v) is 4.45. The van der Waals surface area contributed by atoms with Gasteiger partial charge in [0.1, 0.15) is 11.6 Å². The number of halogens is 2. The van der Waals surface area contributed by atoms with Crippen LogP contribution in [0.5, 0.6) is 0 Å². The number of hydrogen-bond acceptors (Lipinski definition) is 4. The third-order valence-electron chi connectivity index (χ3n) is 5.34. The Labute approximate surface area is 199 Å². The number of carbonyl (C=O) groups excluding carboxylic acids is 1. The summed E-state index contributed by atoms with van der Waals surface area (Å²) in [6.45, 7) is 1.93. The van der Waals surface area contributed by atoms with Crippen LogP contribution in [0.1, 0.15) is 18.9 Å². The number of benzene rings is 3. The second kappa shape index (κ2) is 10.6. The lowest BCUT2D eigenvalue weighted by Gasteiger charge is -2.16.